The van der Waals surface area contributed by atoms with Crippen molar-refractivity contribution in [1.82, 2.24) is 0 Å². The highest BCUT2D eigenvalue weighted by Gasteiger charge is 2.07. The average Bonchev–Trinajstić information content (AvgIpc) is 2.95. The first-order valence-electron chi connectivity index (χ1n) is 6.96. The Kier molecular flexibility index (Phi) is 4.41. The second-order valence-corrected chi connectivity index (χ2v) is 6.02. The van der Waals surface area contributed by atoms with Gasteiger partial charge in [-0.3, -0.25) is 0 Å². The van der Waals surface area contributed by atoms with Crippen LogP contribution in [0.15, 0.2) is 59.0 Å². The quantitative estimate of drug-likeness (QED) is 0.618. The molecule has 0 unspecified atom stereocenters. The summed E-state index contributed by atoms with van der Waals surface area (Å²) in [5, 5.41) is 4.52. The van der Waals surface area contributed by atoms with E-state index in [1.807, 2.05) is 24.3 Å². The van der Waals surface area contributed by atoms with Crippen molar-refractivity contribution < 1.29 is 4.42 Å². The highest BCUT2D eigenvalue weighted by atomic mass is 35.5. The Labute approximate surface area is 139 Å². The third-order valence-corrected chi connectivity index (χ3v) is 3.76. The number of aryl methyl sites for hydroxylation is 1. The van der Waals surface area contributed by atoms with Gasteiger partial charge in [0.15, 0.2) is 0 Å². The van der Waals surface area contributed by atoms with E-state index in [1.54, 1.807) is 6.07 Å². The summed E-state index contributed by atoms with van der Waals surface area (Å²) in [7, 11) is 0. The van der Waals surface area contributed by atoms with Crippen molar-refractivity contribution in [2.24, 2.45) is 0 Å². The van der Waals surface area contributed by atoms with E-state index in [4.69, 9.17) is 27.6 Å². The molecule has 0 spiro atoms. The molecule has 0 aliphatic rings. The molecule has 1 aromatic heterocycles. The molecule has 0 amide bonds. The number of hydrogen-bond acceptors (Lipinski definition) is 2. The minimum absolute atomic E-state index is 0.596. The number of nitrogens with one attached hydrogen (secondary N) is 1. The minimum atomic E-state index is 0.596. The summed E-state index contributed by atoms with van der Waals surface area (Å²) in [6.45, 7) is 2.69. The predicted octanol–water partition coefficient (Wildman–Crippen LogP) is 6.17. The second kappa shape index (κ2) is 6.47. The number of furan rings is 1. The van der Waals surface area contributed by atoms with Gasteiger partial charge >= 0.3 is 0 Å². The van der Waals surface area contributed by atoms with Crippen LogP contribution in [0.4, 0.5) is 5.69 Å². The van der Waals surface area contributed by atoms with Crippen LogP contribution in [-0.2, 0) is 6.54 Å². The maximum atomic E-state index is 6.02. The van der Waals surface area contributed by atoms with E-state index in [2.05, 4.69) is 36.5 Å². The molecule has 2 nitrogen and oxygen atoms in total. The average molecular weight is 332 g/mol. The number of anilines is 1. The molecule has 0 aliphatic carbocycles. The van der Waals surface area contributed by atoms with Gasteiger partial charge in [0.1, 0.15) is 11.5 Å². The van der Waals surface area contributed by atoms with E-state index in [-0.39, 0.29) is 0 Å². The molecule has 3 aromatic rings. The molecule has 0 saturated carbocycles. The van der Waals surface area contributed by atoms with Crippen LogP contribution in [0.2, 0.25) is 10.0 Å². The van der Waals surface area contributed by atoms with Crippen LogP contribution in [0.1, 0.15) is 11.3 Å². The zero-order valence-corrected chi connectivity index (χ0v) is 13.6. The Bertz CT molecular complexity index is 758. The first-order chi connectivity index (χ1) is 10.6. The SMILES string of the molecule is Cc1ccc(NCc2ccc(-c3cc(Cl)cc(Cl)c3)o2)cc1. The van der Waals surface area contributed by atoms with Crippen molar-refractivity contribution >= 4 is 28.9 Å². The predicted molar refractivity (Wildman–Crippen MR) is 92.7 cm³/mol. The van der Waals surface area contributed by atoms with E-state index in [9.17, 15) is 0 Å². The lowest BCUT2D eigenvalue weighted by atomic mass is 10.2. The van der Waals surface area contributed by atoms with E-state index < -0.39 is 0 Å². The van der Waals surface area contributed by atoms with Crippen molar-refractivity contribution in [3.8, 4) is 11.3 Å². The summed E-state index contributed by atoms with van der Waals surface area (Å²) >= 11 is 12.0. The topological polar surface area (TPSA) is 25.2 Å². The summed E-state index contributed by atoms with van der Waals surface area (Å²) in [5.74, 6) is 1.61. The summed E-state index contributed by atoms with van der Waals surface area (Å²) in [6, 6.07) is 17.5. The van der Waals surface area contributed by atoms with Crippen molar-refractivity contribution in [1.29, 1.82) is 0 Å². The van der Waals surface area contributed by atoms with Gasteiger partial charge in [-0.1, -0.05) is 40.9 Å². The number of benzene rings is 2. The maximum absolute atomic E-state index is 6.02. The molecule has 0 saturated heterocycles. The first-order valence-corrected chi connectivity index (χ1v) is 7.71. The normalized spacial score (nSPS) is 10.7. The molecule has 0 aliphatic heterocycles. The van der Waals surface area contributed by atoms with Gasteiger partial charge in [-0.05, 0) is 49.4 Å². The van der Waals surface area contributed by atoms with Crippen molar-refractivity contribution in [3.63, 3.8) is 0 Å². The van der Waals surface area contributed by atoms with Gasteiger partial charge in [0.05, 0.1) is 6.54 Å². The van der Waals surface area contributed by atoms with Gasteiger partial charge in [-0.2, -0.15) is 0 Å². The summed E-state index contributed by atoms with van der Waals surface area (Å²) < 4.78 is 5.85. The number of rotatable bonds is 4. The van der Waals surface area contributed by atoms with Crippen LogP contribution in [0.25, 0.3) is 11.3 Å². The van der Waals surface area contributed by atoms with Crippen LogP contribution in [0.5, 0.6) is 0 Å². The lowest BCUT2D eigenvalue weighted by molar-refractivity contribution is 0.531. The van der Waals surface area contributed by atoms with Gasteiger partial charge in [0, 0.05) is 21.3 Å². The third-order valence-electron chi connectivity index (χ3n) is 3.33. The largest absolute Gasteiger partial charge is 0.459 e. The van der Waals surface area contributed by atoms with E-state index >= 15 is 0 Å². The molecule has 1 N–H and O–H groups in total. The molecule has 0 bridgehead atoms. The Morgan fingerprint density at radius 3 is 2.27 bits per heavy atom. The second-order valence-electron chi connectivity index (χ2n) is 5.14. The van der Waals surface area contributed by atoms with Crippen molar-refractivity contribution in [3.05, 3.63) is 76.0 Å². The van der Waals surface area contributed by atoms with E-state index in [1.165, 1.54) is 5.56 Å². The van der Waals surface area contributed by atoms with Crippen LogP contribution in [-0.4, -0.2) is 0 Å². The Hall–Kier alpha value is -1.90. The molecule has 1 heterocycles. The lowest BCUT2D eigenvalue weighted by Gasteiger charge is -2.05. The highest BCUT2D eigenvalue weighted by molar-refractivity contribution is 6.35. The molecule has 22 heavy (non-hydrogen) atoms. The van der Waals surface area contributed by atoms with Crippen LogP contribution >= 0.6 is 23.2 Å². The van der Waals surface area contributed by atoms with Crippen molar-refractivity contribution in [2.75, 3.05) is 5.32 Å². The molecule has 112 valence electrons. The van der Waals surface area contributed by atoms with Gasteiger partial charge in [0.2, 0.25) is 0 Å². The molecule has 2 aromatic carbocycles. The summed E-state index contributed by atoms with van der Waals surface area (Å²) in [6.07, 6.45) is 0. The van der Waals surface area contributed by atoms with Gasteiger partial charge in [-0.25, -0.2) is 0 Å². The Balaban J connectivity index is 1.72. The zero-order valence-electron chi connectivity index (χ0n) is 12.1. The summed E-state index contributed by atoms with van der Waals surface area (Å²) in [5.41, 5.74) is 3.18. The van der Waals surface area contributed by atoms with E-state index in [0.717, 1.165) is 22.8 Å². The molecule has 0 radical (unpaired) electrons. The fourth-order valence-corrected chi connectivity index (χ4v) is 2.71. The zero-order chi connectivity index (χ0) is 15.5. The third kappa shape index (κ3) is 3.65. The first kappa shape index (κ1) is 15.0. The standard InChI is InChI=1S/C18H15Cl2NO/c1-12-2-4-16(5-3-12)21-11-17-6-7-18(22-17)13-8-14(19)10-15(20)9-13/h2-10,21H,11H2,1H3. The monoisotopic (exact) mass is 331 g/mol. The van der Waals surface area contributed by atoms with Crippen LogP contribution in [0, 0.1) is 6.92 Å². The van der Waals surface area contributed by atoms with E-state index in [0.29, 0.717) is 16.6 Å². The molecular weight excluding hydrogens is 317 g/mol. The molecule has 4 heteroatoms. The Morgan fingerprint density at radius 1 is 0.909 bits per heavy atom. The Morgan fingerprint density at radius 2 is 1.59 bits per heavy atom. The fourth-order valence-electron chi connectivity index (χ4n) is 2.18. The minimum Gasteiger partial charge on any atom is -0.459 e. The fraction of sp³-hybridized carbons (Fsp3) is 0.111. The molecule has 0 atom stereocenters. The lowest BCUT2D eigenvalue weighted by Crippen LogP contribution is -1.97. The van der Waals surface area contributed by atoms with Gasteiger partial charge < -0.3 is 9.73 Å². The molecule has 0 fully saturated rings. The van der Waals surface area contributed by atoms with Crippen LogP contribution in [0.3, 0.4) is 0 Å². The highest BCUT2D eigenvalue weighted by Crippen LogP contribution is 2.28. The van der Waals surface area contributed by atoms with Gasteiger partial charge in [-0.15, -0.1) is 0 Å². The smallest absolute Gasteiger partial charge is 0.134 e. The summed E-state index contributed by atoms with van der Waals surface area (Å²) in [4.78, 5) is 0. The van der Waals surface area contributed by atoms with Crippen LogP contribution < -0.4 is 5.32 Å². The molecule has 3 rings (SSSR count). The number of halogens is 2. The number of hydrogen-bond donors (Lipinski definition) is 1. The molecular formula is C18H15Cl2NO. The maximum Gasteiger partial charge on any atom is 0.134 e. The van der Waals surface area contributed by atoms with Gasteiger partial charge in [0.25, 0.3) is 0 Å². The van der Waals surface area contributed by atoms with Crippen molar-refractivity contribution in [2.45, 2.75) is 13.5 Å².